The molecule has 1 aromatic carbocycles. The lowest BCUT2D eigenvalue weighted by molar-refractivity contribution is -0.142. The molecule has 1 rings (SSSR count). The predicted octanol–water partition coefficient (Wildman–Crippen LogP) is 2.26. The Balaban J connectivity index is 2.84. The van der Waals surface area contributed by atoms with E-state index in [1.54, 1.807) is 12.1 Å². The maximum Gasteiger partial charge on any atom is 0.343 e. The molecule has 0 saturated carbocycles. The molecule has 4 nitrogen and oxygen atoms in total. The van der Waals surface area contributed by atoms with Crippen molar-refractivity contribution in [1.82, 2.24) is 0 Å². The van der Waals surface area contributed by atoms with E-state index in [1.165, 1.54) is 7.11 Å². The van der Waals surface area contributed by atoms with Gasteiger partial charge in [0.1, 0.15) is 5.75 Å². The molecule has 1 aromatic rings. The van der Waals surface area contributed by atoms with Crippen molar-refractivity contribution < 1.29 is 19.4 Å². The van der Waals surface area contributed by atoms with Crippen LogP contribution in [0, 0.1) is 0 Å². The molecule has 0 fully saturated rings. The van der Waals surface area contributed by atoms with Crippen LogP contribution in [0.2, 0.25) is 0 Å². The van der Waals surface area contributed by atoms with Gasteiger partial charge in [0.2, 0.25) is 0 Å². The molecule has 6 heteroatoms. The summed E-state index contributed by atoms with van der Waals surface area (Å²) in [5.74, 6) is 0.0487. The van der Waals surface area contributed by atoms with E-state index in [4.69, 9.17) is 9.84 Å². The zero-order chi connectivity index (χ0) is 12.1. The largest absolute Gasteiger partial charge is 0.480 e. The molecule has 0 aliphatic rings. The number of carbonyl (C=O) groups excluding carboxylic acids is 1. The SMILES string of the molecule is COC(=O)COc1c(Br)cc(CO)cc1Br. The highest BCUT2D eigenvalue weighted by Crippen LogP contribution is 2.34. The second-order valence-electron chi connectivity index (χ2n) is 2.91. The first kappa shape index (κ1) is 13.5. The Morgan fingerprint density at radius 1 is 1.38 bits per heavy atom. The molecule has 0 aromatic heterocycles. The minimum absolute atomic E-state index is 0.0610. The summed E-state index contributed by atoms with van der Waals surface area (Å²) in [5, 5.41) is 8.98. The molecule has 0 aliphatic carbocycles. The third-order valence-corrected chi connectivity index (χ3v) is 2.98. The Labute approximate surface area is 110 Å². The highest BCUT2D eigenvalue weighted by Gasteiger charge is 2.10. The molecule has 0 unspecified atom stereocenters. The van der Waals surface area contributed by atoms with Gasteiger partial charge in [0.05, 0.1) is 22.7 Å². The van der Waals surface area contributed by atoms with E-state index in [1.807, 2.05) is 0 Å². The number of hydrogen-bond donors (Lipinski definition) is 1. The summed E-state index contributed by atoms with van der Waals surface area (Å²) in [6.07, 6.45) is 0. The van der Waals surface area contributed by atoms with Gasteiger partial charge in [0.15, 0.2) is 6.61 Å². The number of ether oxygens (including phenoxy) is 2. The number of methoxy groups -OCH3 is 1. The molecule has 0 amide bonds. The van der Waals surface area contributed by atoms with E-state index in [-0.39, 0.29) is 13.2 Å². The van der Waals surface area contributed by atoms with Crippen LogP contribution >= 0.6 is 31.9 Å². The first-order valence-corrected chi connectivity index (χ1v) is 5.95. The number of halogens is 2. The molecule has 0 bridgehead atoms. The Hall–Kier alpha value is -0.590. The first-order valence-electron chi connectivity index (χ1n) is 4.37. The molecule has 0 aliphatic heterocycles. The molecule has 16 heavy (non-hydrogen) atoms. The maximum absolute atomic E-state index is 10.9. The molecule has 0 heterocycles. The lowest BCUT2D eigenvalue weighted by Gasteiger charge is -2.10. The smallest absolute Gasteiger partial charge is 0.343 e. The Bertz CT molecular complexity index is 369. The van der Waals surface area contributed by atoms with E-state index in [0.29, 0.717) is 14.7 Å². The first-order chi connectivity index (χ1) is 7.58. The fourth-order valence-electron chi connectivity index (χ4n) is 1.03. The van der Waals surface area contributed by atoms with Crippen molar-refractivity contribution in [2.45, 2.75) is 6.61 Å². The van der Waals surface area contributed by atoms with Crippen molar-refractivity contribution >= 4 is 37.8 Å². The highest BCUT2D eigenvalue weighted by atomic mass is 79.9. The topological polar surface area (TPSA) is 55.8 Å². The summed E-state index contributed by atoms with van der Waals surface area (Å²) < 4.78 is 11.1. The van der Waals surface area contributed by atoms with Crippen LogP contribution in [0.4, 0.5) is 0 Å². The van der Waals surface area contributed by atoms with Crippen LogP contribution in [-0.4, -0.2) is 24.8 Å². The Kier molecular flexibility index (Phi) is 5.24. The fraction of sp³-hybridized carbons (Fsp3) is 0.300. The lowest BCUT2D eigenvalue weighted by atomic mass is 10.2. The van der Waals surface area contributed by atoms with Crippen LogP contribution in [0.3, 0.4) is 0 Å². The molecular weight excluding hydrogens is 344 g/mol. The summed E-state index contributed by atoms with van der Waals surface area (Å²) in [7, 11) is 1.30. The van der Waals surface area contributed by atoms with E-state index < -0.39 is 5.97 Å². The summed E-state index contributed by atoms with van der Waals surface area (Å²) in [5.41, 5.74) is 0.740. The van der Waals surface area contributed by atoms with E-state index >= 15 is 0 Å². The highest BCUT2D eigenvalue weighted by molar-refractivity contribution is 9.11. The van der Waals surface area contributed by atoms with Gasteiger partial charge in [-0.3, -0.25) is 0 Å². The second-order valence-corrected chi connectivity index (χ2v) is 4.62. The number of aliphatic hydroxyl groups excluding tert-OH is 1. The summed E-state index contributed by atoms with van der Waals surface area (Å²) in [4.78, 5) is 10.9. The van der Waals surface area contributed by atoms with Crippen LogP contribution in [0.1, 0.15) is 5.56 Å². The van der Waals surface area contributed by atoms with Gasteiger partial charge in [-0.05, 0) is 49.6 Å². The van der Waals surface area contributed by atoms with Crippen LogP contribution in [0.15, 0.2) is 21.1 Å². The molecule has 0 spiro atoms. The van der Waals surface area contributed by atoms with Crippen molar-refractivity contribution in [3.63, 3.8) is 0 Å². The van der Waals surface area contributed by atoms with Crippen LogP contribution in [0.5, 0.6) is 5.75 Å². The molecule has 88 valence electrons. The Morgan fingerprint density at radius 3 is 2.38 bits per heavy atom. The van der Waals surface area contributed by atoms with Gasteiger partial charge in [0.25, 0.3) is 0 Å². The fourth-order valence-corrected chi connectivity index (χ4v) is 2.54. The van der Waals surface area contributed by atoms with E-state index in [2.05, 4.69) is 36.6 Å². The number of hydrogen-bond acceptors (Lipinski definition) is 4. The third-order valence-electron chi connectivity index (χ3n) is 1.80. The van der Waals surface area contributed by atoms with Gasteiger partial charge in [0, 0.05) is 0 Å². The van der Waals surface area contributed by atoms with Crippen LogP contribution in [0.25, 0.3) is 0 Å². The van der Waals surface area contributed by atoms with Gasteiger partial charge in [-0.2, -0.15) is 0 Å². The quantitative estimate of drug-likeness (QED) is 0.843. The molecule has 0 saturated heterocycles. The minimum atomic E-state index is -0.454. The summed E-state index contributed by atoms with van der Waals surface area (Å²) in [6.45, 7) is -0.222. The second kappa shape index (κ2) is 6.22. The van der Waals surface area contributed by atoms with Crippen molar-refractivity contribution in [3.05, 3.63) is 26.6 Å². The van der Waals surface area contributed by atoms with E-state index in [9.17, 15) is 4.79 Å². The Morgan fingerprint density at radius 2 is 1.94 bits per heavy atom. The normalized spacial score (nSPS) is 10.0. The number of rotatable bonds is 4. The summed E-state index contributed by atoms with van der Waals surface area (Å²) in [6, 6.07) is 3.44. The van der Waals surface area contributed by atoms with Crippen LogP contribution < -0.4 is 4.74 Å². The van der Waals surface area contributed by atoms with E-state index in [0.717, 1.165) is 5.56 Å². The number of carbonyl (C=O) groups is 1. The van der Waals surface area contributed by atoms with Gasteiger partial charge in [-0.1, -0.05) is 0 Å². The van der Waals surface area contributed by atoms with Crippen molar-refractivity contribution in [2.24, 2.45) is 0 Å². The van der Waals surface area contributed by atoms with Gasteiger partial charge < -0.3 is 14.6 Å². The lowest BCUT2D eigenvalue weighted by Crippen LogP contribution is -2.13. The summed E-state index contributed by atoms with van der Waals surface area (Å²) >= 11 is 6.59. The van der Waals surface area contributed by atoms with Crippen molar-refractivity contribution in [2.75, 3.05) is 13.7 Å². The molecular formula is C10H10Br2O4. The zero-order valence-corrected chi connectivity index (χ0v) is 11.7. The van der Waals surface area contributed by atoms with Crippen LogP contribution in [-0.2, 0) is 16.1 Å². The number of benzene rings is 1. The zero-order valence-electron chi connectivity index (χ0n) is 8.50. The molecule has 1 N–H and O–H groups in total. The molecule has 0 atom stereocenters. The average Bonchev–Trinajstić information content (AvgIpc) is 2.27. The van der Waals surface area contributed by atoms with Crippen molar-refractivity contribution in [1.29, 1.82) is 0 Å². The van der Waals surface area contributed by atoms with Crippen molar-refractivity contribution in [3.8, 4) is 5.75 Å². The minimum Gasteiger partial charge on any atom is -0.480 e. The molecule has 0 radical (unpaired) electrons. The van der Waals surface area contributed by atoms with Gasteiger partial charge >= 0.3 is 5.97 Å². The number of aliphatic hydroxyl groups is 1. The van der Waals surface area contributed by atoms with Gasteiger partial charge in [-0.25, -0.2) is 4.79 Å². The third kappa shape index (κ3) is 3.47. The standard InChI is InChI=1S/C10H10Br2O4/c1-15-9(14)5-16-10-7(11)2-6(4-13)3-8(10)12/h2-3,13H,4-5H2,1H3. The average molecular weight is 354 g/mol. The maximum atomic E-state index is 10.9. The van der Waals surface area contributed by atoms with Gasteiger partial charge in [-0.15, -0.1) is 0 Å². The number of esters is 1. The predicted molar refractivity (Wildman–Crippen MR) is 65.3 cm³/mol. The monoisotopic (exact) mass is 352 g/mol.